The molecule has 0 saturated heterocycles. The zero-order valence-corrected chi connectivity index (χ0v) is 9.99. The minimum Gasteiger partial charge on any atom is -0.491 e. The molecule has 0 N–H and O–H groups in total. The zero-order valence-electron chi connectivity index (χ0n) is 9.99. The third-order valence-corrected chi connectivity index (χ3v) is 2.31. The van der Waals surface area contributed by atoms with E-state index < -0.39 is 0 Å². The molecule has 0 aliphatic heterocycles. The van der Waals surface area contributed by atoms with Crippen molar-refractivity contribution in [1.82, 2.24) is 0 Å². The molecule has 16 heavy (non-hydrogen) atoms. The highest BCUT2D eigenvalue weighted by Crippen LogP contribution is 2.29. The van der Waals surface area contributed by atoms with Crippen molar-refractivity contribution in [2.75, 3.05) is 20.3 Å². The maximum absolute atomic E-state index is 9.03. The number of hydrogen-bond acceptors (Lipinski definition) is 3. The van der Waals surface area contributed by atoms with Crippen LogP contribution in [0.3, 0.4) is 0 Å². The Kier molecular flexibility index (Phi) is 4.81. The molecule has 1 aromatic rings. The molecule has 0 unspecified atom stereocenters. The van der Waals surface area contributed by atoms with Gasteiger partial charge in [-0.25, -0.2) is 0 Å². The van der Waals surface area contributed by atoms with E-state index in [1.165, 1.54) is 0 Å². The number of benzene rings is 1. The predicted molar refractivity (Wildman–Crippen MR) is 62.6 cm³/mol. The molecule has 1 rings (SSSR count). The summed E-state index contributed by atoms with van der Waals surface area (Å²) in [5, 5.41) is 9.03. The first-order valence-electron chi connectivity index (χ1n) is 5.35. The van der Waals surface area contributed by atoms with Crippen LogP contribution >= 0.6 is 0 Å². The van der Waals surface area contributed by atoms with Crippen molar-refractivity contribution in [2.24, 2.45) is 0 Å². The smallest absolute Gasteiger partial charge is 0.124 e. The second-order valence-electron chi connectivity index (χ2n) is 3.83. The van der Waals surface area contributed by atoms with E-state index in [1.807, 2.05) is 18.2 Å². The van der Waals surface area contributed by atoms with E-state index in [-0.39, 0.29) is 5.92 Å². The average Bonchev–Trinajstić information content (AvgIpc) is 2.28. The van der Waals surface area contributed by atoms with Crippen molar-refractivity contribution < 1.29 is 9.47 Å². The molecule has 0 aromatic heterocycles. The number of nitrogens with zero attached hydrogens (tertiary/aromatic N) is 1. The van der Waals surface area contributed by atoms with Gasteiger partial charge in [-0.3, -0.25) is 0 Å². The van der Waals surface area contributed by atoms with E-state index in [0.717, 1.165) is 11.3 Å². The van der Waals surface area contributed by atoms with Gasteiger partial charge in [0, 0.05) is 12.7 Å². The minimum atomic E-state index is 0.272. The summed E-state index contributed by atoms with van der Waals surface area (Å²) in [5.41, 5.74) is 1.66. The van der Waals surface area contributed by atoms with Crippen molar-refractivity contribution in [3.8, 4) is 11.8 Å². The molecule has 0 heterocycles. The van der Waals surface area contributed by atoms with Crippen LogP contribution in [0.5, 0.6) is 5.75 Å². The largest absolute Gasteiger partial charge is 0.491 e. The summed E-state index contributed by atoms with van der Waals surface area (Å²) in [6.45, 7) is 5.16. The third kappa shape index (κ3) is 2.98. The number of hydrogen-bond donors (Lipinski definition) is 0. The molecular weight excluding hydrogens is 202 g/mol. The van der Waals surface area contributed by atoms with E-state index in [0.29, 0.717) is 18.8 Å². The summed E-state index contributed by atoms with van der Waals surface area (Å²) in [6, 6.07) is 7.75. The van der Waals surface area contributed by atoms with Gasteiger partial charge in [-0.15, -0.1) is 0 Å². The lowest BCUT2D eigenvalue weighted by Gasteiger charge is -2.15. The van der Waals surface area contributed by atoms with E-state index >= 15 is 0 Å². The zero-order chi connectivity index (χ0) is 12.0. The Morgan fingerprint density at radius 1 is 1.31 bits per heavy atom. The Balaban J connectivity index is 2.94. The van der Waals surface area contributed by atoms with Crippen molar-refractivity contribution >= 4 is 0 Å². The Labute approximate surface area is 96.6 Å². The van der Waals surface area contributed by atoms with Gasteiger partial charge in [-0.2, -0.15) is 5.26 Å². The Morgan fingerprint density at radius 3 is 2.62 bits per heavy atom. The van der Waals surface area contributed by atoms with Gasteiger partial charge in [0.2, 0.25) is 0 Å². The summed E-state index contributed by atoms with van der Waals surface area (Å²) in [5.74, 6) is 1.06. The maximum atomic E-state index is 9.03. The highest BCUT2D eigenvalue weighted by Gasteiger charge is 2.12. The summed E-state index contributed by atoms with van der Waals surface area (Å²) in [6.07, 6.45) is 0. The number of nitriles is 1. The first kappa shape index (κ1) is 12.5. The summed E-state index contributed by atoms with van der Waals surface area (Å²) in [7, 11) is 1.64. The number of rotatable bonds is 5. The molecule has 0 spiro atoms. The van der Waals surface area contributed by atoms with Crippen LogP contribution in [0.15, 0.2) is 18.2 Å². The molecule has 1 aromatic carbocycles. The molecule has 86 valence electrons. The van der Waals surface area contributed by atoms with Gasteiger partial charge in [0.25, 0.3) is 0 Å². The fourth-order valence-corrected chi connectivity index (χ4v) is 1.60. The molecular formula is C13H17NO2. The number of ether oxygens (including phenoxy) is 2. The number of methoxy groups -OCH3 is 1. The first-order valence-corrected chi connectivity index (χ1v) is 5.35. The Hall–Kier alpha value is -1.53. The molecule has 0 amide bonds. The summed E-state index contributed by atoms with van der Waals surface area (Å²) >= 11 is 0. The highest BCUT2D eigenvalue weighted by atomic mass is 16.5. The Morgan fingerprint density at radius 2 is 2.06 bits per heavy atom. The van der Waals surface area contributed by atoms with Gasteiger partial charge in [0.15, 0.2) is 0 Å². The standard InChI is InChI=1S/C13H17NO2/c1-10(2)13-11(9-14)5-4-6-12(13)16-8-7-15-3/h4-6,10H,7-8H2,1-3H3. The lowest BCUT2D eigenvalue weighted by molar-refractivity contribution is 0.145. The maximum Gasteiger partial charge on any atom is 0.124 e. The molecule has 0 aliphatic rings. The quantitative estimate of drug-likeness (QED) is 0.715. The van der Waals surface area contributed by atoms with Gasteiger partial charge in [-0.05, 0) is 18.1 Å². The molecule has 0 atom stereocenters. The predicted octanol–water partition coefficient (Wildman–Crippen LogP) is 2.71. The van der Waals surface area contributed by atoms with Gasteiger partial charge < -0.3 is 9.47 Å². The highest BCUT2D eigenvalue weighted by molar-refractivity contribution is 5.48. The fourth-order valence-electron chi connectivity index (χ4n) is 1.60. The van der Waals surface area contributed by atoms with E-state index in [9.17, 15) is 0 Å². The lowest BCUT2D eigenvalue weighted by atomic mass is 9.97. The average molecular weight is 219 g/mol. The molecule has 3 nitrogen and oxygen atoms in total. The van der Waals surface area contributed by atoms with Crippen LogP contribution in [0.25, 0.3) is 0 Å². The van der Waals surface area contributed by atoms with Gasteiger partial charge >= 0.3 is 0 Å². The van der Waals surface area contributed by atoms with Crippen molar-refractivity contribution in [2.45, 2.75) is 19.8 Å². The lowest BCUT2D eigenvalue weighted by Crippen LogP contribution is -2.07. The normalized spacial score (nSPS) is 10.2. The molecule has 3 heteroatoms. The molecule has 0 fully saturated rings. The van der Waals surface area contributed by atoms with Crippen LogP contribution in [0.2, 0.25) is 0 Å². The first-order chi connectivity index (χ1) is 7.70. The third-order valence-electron chi connectivity index (χ3n) is 2.31. The van der Waals surface area contributed by atoms with Crippen LogP contribution in [-0.2, 0) is 4.74 Å². The minimum absolute atomic E-state index is 0.272. The van der Waals surface area contributed by atoms with Gasteiger partial charge in [0.1, 0.15) is 12.4 Å². The van der Waals surface area contributed by atoms with Crippen molar-refractivity contribution in [3.63, 3.8) is 0 Å². The van der Waals surface area contributed by atoms with Gasteiger partial charge in [0.05, 0.1) is 18.2 Å². The topological polar surface area (TPSA) is 42.2 Å². The van der Waals surface area contributed by atoms with Crippen LogP contribution < -0.4 is 4.74 Å². The van der Waals surface area contributed by atoms with E-state index in [2.05, 4.69) is 19.9 Å². The molecule has 0 bridgehead atoms. The molecule has 0 aliphatic carbocycles. The van der Waals surface area contributed by atoms with Crippen molar-refractivity contribution in [1.29, 1.82) is 5.26 Å². The molecule has 0 saturated carbocycles. The summed E-state index contributed by atoms with van der Waals surface area (Å²) in [4.78, 5) is 0. The van der Waals surface area contributed by atoms with Crippen LogP contribution in [0.4, 0.5) is 0 Å². The second kappa shape index (κ2) is 6.14. The van der Waals surface area contributed by atoms with Crippen LogP contribution in [-0.4, -0.2) is 20.3 Å². The Bertz CT molecular complexity index is 380. The van der Waals surface area contributed by atoms with Crippen molar-refractivity contribution in [3.05, 3.63) is 29.3 Å². The van der Waals surface area contributed by atoms with E-state index in [1.54, 1.807) is 7.11 Å². The van der Waals surface area contributed by atoms with E-state index in [4.69, 9.17) is 14.7 Å². The second-order valence-corrected chi connectivity index (χ2v) is 3.83. The van der Waals surface area contributed by atoms with Crippen LogP contribution in [0.1, 0.15) is 30.9 Å². The van der Waals surface area contributed by atoms with Gasteiger partial charge in [-0.1, -0.05) is 19.9 Å². The monoisotopic (exact) mass is 219 g/mol. The fraction of sp³-hybridized carbons (Fsp3) is 0.462. The molecule has 0 radical (unpaired) electrons. The SMILES string of the molecule is COCCOc1cccc(C#N)c1C(C)C. The van der Waals surface area contributed by atoms with Crippen LogP contribution in [0, 0.1) is 11.3 Å². The summed E-state index contributed by atoms with van der Waals surface area (Å²) < 4.78 is 10.5.